The number of amides is 1. The zero-order valence-corrected chi connectivity index (χ0v) is 15.4. The molecule has 0 unspecified atom stereocenters. The standard InChI is InChI=1S/C20H21N3O2S/c1-12-4-2-5-13(8-12)19-18(22-17(26-19)6-3-7-24)20(25)23-11-14-9-15(14)16(23)10-21/h2,4-5,8,14-16,24H,7,9-11,21H2,1H3/t14-,15-,16-/m1/s1. The van der Waals surface area contributed by atoms with Crippen LogP contribution in [-0.4, -0.2) is 46.6 Å². The van der Waals surface area contributed by atoms with Crippen molar-refractivity contribution in [1.82, 2.24) is 9.88 Å². The number of hydrogen-bond acceptors (Lipinski definition) is 5. The van der Waals surface area contributed by atoms with Gasteiger partial charge in [0, 0.05) is 19.1 Å². The topological polar surface area (TPSA) is 79.5 Å². The lowest BCUT2D eigenvalue weighted by atomic mass is 10.1. The van der Waals surface area contributed by atoms with E-state index in [1.165, 1.54) is 17.8 Å². The second-order valence-electron chi connectivity index (χ2n) is 6.95. The Morgan fingerprint density at radius 1 is 1.50 bits per heavy atom. The molecule has 5 nitrogen and oxygen atoms in total. The van der Waals surface area contributed by atoms with Crippen LogP contribution in [0.5, 0.6) is 0 Å². The van der Waals surface area contributed by atoms with Crippen LogP contribution < -0.4 is 5.73 Å². The number of benzene rings is 1. The molecule has 0 spiro atoms. The molecule has 4 rings (SSSR count). The van der Waals surface area contributed by atoms with Gasteiger partial charge in [-0.1, -0.05) is 35.7 Å². The normalized spacial score (nSPS) is 23.3. The lowest BCUT2D eigenvalue weighted by Gasteiger charge is -2.26. The summed E-state index contributed by atoms with van der Waals surface area (Å²) in [4.78, 5) is 20.5. The second kappa shape index (κ2) is 6.84. The van der Waals surface area contributed by atoms with Crippen molar-refractivity contribution >= 4 is 17.2 Å². The van der Waals surface area contributed by atoms with E-state index in [4.69, 9.17) is 10.8 Å². The first-order chi connectivity index (χ1) is 12.6. The van der Waals surface area contributed by atoms with Crippen LogP contribution >= 0.6 is 11.3 Å². The number of aromatic nitrogens is 1. The van der Waals surface area contributed by atoms with Gasteiger partial charge >= 0.3 is 0 Å². The van der Waals surface area contributed by atoms with Crippen molar-refractivity contribution in [2.75, 3.05) is 19.7 Å². The number of rotatable bonds is 3. The van der Waals surface area contributed by atoms with Gasteiger partial charge in [-0.15, -0.1) is 11.3 Å². The van der Waals surface area contributed by atoms with E-state index >= 15 is 0 Å². The van der Waals surface area contributed by atoms with Gasteiger partial charge in [0.1, 0.15) is 12.3 Å². The van der Waals surface area contributed by atoms with E-state index in [1.807, 2.05) is 30.0 Å². The summed E-state index contributed by atoms with van der Waals surface area (Å²) < 4.78 is 0. The molecule has 0 bridgehead atoms. The van der Waals surface area contributed by atoms with E-state index in [0.717, 1.165) is 22.5 Å². The van der Waals surface area contributed by atoms with Gasteiger partial charge in [-0.25, -0.2) is 4.98 Å². The quantitative estimate of drug-likeness (QED) is 0.812. The average Bonchev–Trinajstić information content (AvgIpc) is 3.13. The molecule has 0 radical (unpaired) electrons. The molecule has 1 aliphatic carbocycles. The molecule has 1 saturated carbocycles. The zero-order valence-electron chi connectivity index (χ0n) is 14.6. The predicted octanol–water partition coefficient (Wildman–Crippen LogP) is 1.88. The van der Waals surface area contributed by atoms with E-state index in [9.17, 15) is 4.79 Å². The number of aliphatic hydroxyl groups is 1. The van der Waals surface area contributed by atoms with E-state index in [2.05, 4.69) is 22.9 Å². The summed E-state index contributed by atoms with van der Waals surface area (Å²) in [6, 6.07) is 8.16. The van der Waals surface area contributed by atoms with E-state index in [1.54, 1.807) is 0 Å². The number of carbonyl (C=O) groups excluding carboxylic acids is 1. The number of thiazole rings is 1. The molecule has 1 saturated heterocycles. The Morgan fingerprint density at radius 3 is 3.08 bits per heavy atom. The molecule has 1 aliphatic heterocycles. The summed E-state index contributed by atoms with van der Waals surface area (Å²) in [5.41, 5.74) is 8.48. The van der Waals surface area contributed by atoms with Crippen LogP contribution in [0.25, 0.3) is 10.4 Å². The van der Waals surface area contributed by atoms with Crippen molar-refractivity contribution in [2.24, 2.45) is 17.6 Å². The van der Waals surface area contributed by atoms with Gasteiger partial charge in [0.05, 0.1) is 4.88 Å². The van der Waals surface area contributed by atoms with Crippen LogP contribution in [0.2, 0.25) is 0 Å². The third-order valence-corrected chi connectivity index (χ3v) is 6.21. The fourth-order valence-corrected chi connectivity index (χ4v) is 4.79. The number of fused-ring (bicyclic) bond motifs is 1. The minimum atomic E-state index is -0.229. The van der Waals surface area contributed by atoms with Gasteiger partial charge in [0.2, 0.25) is 0 Å². The zero-order chi connectivity index (χ0) is 18.3. The number of likely N-dealkylation sites (tertiary alicyclic amines) is 1. The highest BCUT2D eigenvalue weighted by molar-refractivity contribution is 7.16. The lowest BCUT2D eigenvalue weighted by Crippen LogP contribution is -2.43. The molecule has 1 aromatic carbocycles. The molecule has 2 aromatic rings. The van der Waals surface area contributed by atoms with Crippen LogP contribution in [0.1, 0.15) is 27.5 Å². The number of hydrogen-bond donors (Lipinski definition) is 2. The van der Waals surface area contributed by atoms with Crippen LogP contribution in [0.4, 0.5) is 0 Å². The van der Waals surface area contributed by atoms with Gasteiger partial charge in [-0.2, -0.15) is 0 Å². The number of aryl methyl sites for hydroxylation is 1. The Bertz CT molecular complexity index is 911. The Kier molecular flexibility index (Phi) is 4.53. The first-order valence-corrected chi connectivity index (χ1v) is 9.62. The van der Waals surface area contributed by atoms with Crippen molar-refractivity contribution < 1.29 is 9.90 Å². The fraction of sp³-hybridized carbons (Fsp3) is 0.400. The SMILES string of the molecule is Cc1cccc(-c2sc(C#CCO)nc2C(=O)N2C[C@H]3C[C@H]3[C@H]2CN)c1. The number of nitrogens with two attached hydrogens (primary N) is 1. The van der Waals surface area contributed by atoms with Crippen molar-refractivity contribution in [1.29, 1.82) is 0 Å². The molecule has 1 amide bonds. The second-order valence-corrected chi connectivity index (χ2v) is 7.95. The summed E-state index contributed by atoms with van der Waals surface area (Å²) in [7, 11) is 0. The summed E-state index contributed by atoms with van der Waals surface area (Å²) in [5.74, 6) is 6.55. The number of carbonyl (C=O) groups is 1. The van der Waals surface area contributed by atoms with E-state index < -0.39 is 0 Å². The van der Waals surface area contributed by atoms with E-state index in [0.29, 0.717) is 29.1 Å². The summed E-state index contributed by atoms with van der Waals surface area (Å²) in [6.07, 6.45) is 1.18. The molecule has 2 heterocycles. The maximum absolute atomic E-state index is 13.3. The van der Waals surface area contributed by atoms with Gasteiger partial charge < -0.3 is 15.7 Å². The third kappa shape index (κ3) is 3.03. The van der Waals surface area contributed by atoms with E-state index in [-0.39, 0.29) is 18.6 Å². The first-order valence-electron chi connectivity index (χ1n) is 8.81. The molecular formula is C20H21N3O2S. The highest BCUT2D eigenvalue weighted by atomic mass is 32.1. The van der Waals surface area contributed by atoms with Gasteiger partial charge in [-0.3, -0.25) is 4.79 Å². The molecular weight excluding hydrogens is 346 g/mol. The van der Waals surface area contributed by atoms with Crippen molar-refractivity contribution in [3.63, 3.8) is 0 Å². The minimum Gasteiger partial charge on any atom is -0.384 e. The minimum absolute atomic E-state index is 0.0579. The number of piperidine rings is 1. The van der Waals surface area contributed by atoms with Crippen LogP contribution in [0.3, 0.4) is 0 Å². The Labute approximate surface area is 156 Å². The molecule has 6 heteroatoms. The number of nitrogens with zero attached hydrogens (tertiary/aromatic N) is 2. The van der Waals surface area contributed by atoms with Crippen LogP contribution in [0.15, 0.2) is 24.3 Å². The maximum atomic E-state index is 13.3. The largest absolute Gasteiger partial charge is 0.384 e. The average molecular weight is 367 g/mol. The highest BCUT2D eigenvalue weighted by Crippen LogP contribution is 2.49. The Morgan fingerprint density at radius 2 is 2.35 bits per heavy atom. The molecule has 26 heavy (non-hydrogen) atoms. The number of aliphatic hydroxyl groups excluding tert-OH is 1. The third-order valence-electron chi connectivity index (χ3n) is 5.19. The monoisotopic (exact) mass is 367 g/mol. The van der Waals surface area contributed by atoms with Gasteiger partial charge in [-0.05, 0) is 36.7 Å². The van der Waals surface area contributed by atoms with Crippen molar-refractivity contribution in [3.8, 4) is 22.3 Å². The first kappa shape index (κ1) is 17.2. The summed E-state index contributed by atoms with van der Waals surface area (Å²) in [5, 5.41) is 9.50. The smallest absolute Gasteiger partial charge is 0.274 e. The Balaban J connectivity index is 1.74. The van der Waals surface area contributed by atoms with Crippen molar-refractivity contribution in [2.45, 2.75) is 19.4 Å². The predicted molar refractivity (Wildman–Crippen MR) is 102 cm³/mol. The molecule has 2 fully saturated rings. The molecule has 2 aliphatic rings. The summed E-state index contributed by atoms with van der Waals surface area (Å²) in [6.45, 7) is 3.06. The van der Waals surface area contributed by atoms with Crippen molar-refractivity contribution in [3.05, 3.63) is 40.5 Å². The van der Waals surface area contributed by atoms with Gasteiger partial charge in [0.25, 0.3) is 5.91 Å². The summed E-state index contributed by atoms with van der Waals surface area (Å²) >= 11 is 1.39. The molecule has 3 atom stereocenters. The maximum Gasteiger partial charge on any atom is 0.274 e. The molecule has 1 aromatic heterocycles. The highest BCUT2D eigenvalue weighted by Gasteiger charge is 2.53. The molecule has 3 N–H and O–H groups in total. The van der Waals surface area contributed by atoms with Crippen LogP contribution in [0, 0.1) is 30.6 Å². The van der Waals surface area contributed by atoms with Gasteiger partial charge in [0.15, 0.2) is 5.01 Å². The Hall–Kier alpha value is -2.20. The molecule has 134 valence electrons. The lowest BCUT2D eigenvalue weighted by molar-refractivity contribution is 0.0708. The van der Waals surface area contributed by atoms with Crippen LogP contribution in [-0.2, 0) is 0 Å². The fourth-order valence-electron chi connectivity index (χ4n) is 3.86.